The predicted molar refractivity (Wildman–Crippen MR) is 129 cm³/mol. The van der Waals surface area contributed by atoms with E-state index < -0.39 is 0 Å². The summed E-state index contributed by atoms with van der Waals surface area (Å²) < 4.78 is 24.9. The van der Waals surface area contributed by atoms with Crippen molar-refractivity contribution in [2.45, 2.75) is 37.8 Å². The average Bonchev–Trinajstić information content (AvgIpc) is 3.39. The van der Waals surface area contributed by atoms with Gasteiger partial charge in [0.15, 0.2) is 0 Å². The minimum Gasteiger partial charge on any atom is -0.467 e. The standard InChI is InChI=1S/C26H28FN3O3S/c27-20-4-6-22(7-5-20)32-24-3-1-2-19(18-24)25(31)30-13-8-21(9-14-30)29-15-10-23(11-16-29)33-26-28-12-17-34-26/h1-7,12,17-18,21,23H,8-11,13-16H2. The fraction of sp³-hybridized carbons (Fsp3) is 0.385. The van der Waals surface area contributed by atoms with Gasteiger partial charge in [-0.2, -0.15) is 0 Å². The molecule has 0 spiro atoms. The number of carbonyl (C=O) groups is 1. The van der Waals surface area contributed by atoms with Crippen LogP contribution in [0.4, 0.5) is 4.39 Å². The highest BCUT2D eigenvalue weighted by molar-refractivity contribution is 7.11. The SMILES string of the molecule is O=C(c1cccc(Oc2ccc(F)cc2)c1)N1CCC(N2CCC(Oc3nccs3)CC2)CC1. The Morgan fingerprint density at radius 3 is 2.44 bits per heavy atom. The van der Waals surface area contributed by atoms with Crippen LogP contribution in [0, 0.1) is 5.82 Å². The highest BCUT2D eigenvalue weighted by atomic mass is 32.1. The third kappa shape index (κ3) is 5.56. The molecule has 2 aliphatic heterocycles. The van der Waals surface area contributed by atoms with E-state index in [9.17, 15) is 9.18 Å². The van der Waals surface area contributed by atoms with Crippen LogP contribution in [0.15, 0.2) is 60.1 Å². The van der Waals surface area contributed by atoms with Gasteiger partial charge in [-0.15, -0.1) is 0 Å². The zero-order valence-electron chi connectivity index (χ0n) is 18.9. The van der Waals surface area contributed by atoms with Crippen LogP contribution in [-0.4, -0.2) is 59.0 Å². The molecule has 6 nitrogen and oxygen atoms in total. The molecule has 1 aromatic heterocycles. The van der Waals surface area contributed by atoms with Crippen molar-refractivity contribution < 1.29 is 18.7 Å². The first-order valence-electron chi connectivity index (χ1n) is 11.8. The fourth-order valence-corrected chi connectivity index (χ4v) is 5.27. The average molecular weight is 482 g/mol. The lowest BCUT2D eigenvalue weighted by molar-refractivity contribution is 0.0425. The summed E-state index contributed by atoms with van der Waals surface area (Å²) in [5, 5.41) is 2.70. The Morgan fingerprint density at radius 2 is 1.74 bits per heavy atom. The molecular formula is C26H28FN3O3S. The van der Waals surface area contributed by atoms with Crippen LogP contribution < -0.4 is 9.47 Å². The van der Waals surface area contributed by atoms with E-state index in [-0.39, 0.29) is 17.8 Å². The normalized spacial score (nSPS) is 18.1. The summed E-state index contributed by atoms with van der Waals surface area (Å²) >= 11 is 1.54. The Hall–Kier alpha value is -2.97. The second-order valence-corrected chi connectivity index (χ2v) is 9.62. The number of hydrogen-bond donors (Lipinski definition) is 0. The summed E-state index contributed by atoms with van der Waals surface area (Å²) in [7, 11) is 0. The summed E-state index contributed by atoms with van der Waals surface area (Å²) in [5.41, 5.74) is 0.609. The first kappa shape index (κ1) is 22.8. The Kier molecular flexibility index (Phi) is 7.06. The van der Waals surface area contributed by atoms with Gasteiger partial charge in [0.2, 0.25) is 0 Å². The molecule has 0 atom stereocenters. The van der Waals surface area contributed by atoms with Crippen LogP contribution in [-0.2, 0) is 0 Å². The molecule has 1 amide bonds. The molecule has 8 heteroatoms. The molecule has 0 bridgehead atoms. The summed E-state index contributed by atoms with van der Waals surface area (Å²) in [6.45, 7) is 3.55. The number of halogens is 1. The van der Waals surface area contributed by atoms with Crippen LogP contribution in [0.2, 0.25) is 0 Å². The number of carbonyl (C=O) groups excluding carboxylic acids is 1. The lowest BCUT2D eigenvalue weighted by atomic mass is 9.98. The van der Waals surface area contributed by atoms with Crippen molar-refractivity contribution in [3.63, 3.8) is 0 Å². The van der Waals surface area contributed by atoms with Crippen molar-refractivity contribution in [1.82, 2.24) is 14.8 Å². The van der Waals surface area contributed by atoms with Crippen molar-refractivity contribution in [2.75, 3.05) is 26.2 Å². The molecule has 2 saturated heterocycles. The maximum Gasteiger partial charge on any atom is 0.273 e. The lowest BCUT2D eigenvalue weighted by Gasteiger charge is -2.41. The highest BCUT2D eigenvalue weighted by Crippen LogP contribution is 2.27. The predicted octanol–water partition coefficient (Wildman–Crippen LogP) is 5.22. The number of rotatable bonds is 6. The number of amides is 1. The van der Waals surface area contributed by atoms with Gasteiger partial charge in [-0.25, -0.2) is 9.37 Å². The van der Waals surface area contributed by atoms with E-state index in [0.717, 1.165) is 57.1 Å². The molecule has 178 valence electrons. The molecule has 2 aromatic carbocycles. The van der Waals surface area contributed by atoms with Crippen LogP contribution in [0.25, 0.3) is 0 Å². The van der Waals surface area contributed by atoms with Gasteiger partial charge < -0.3 is 14.4 Å². The highest BCUT2D eigenvalue weighted by Gasteiger charge is 2.30. The molecule has 3 aromatic rings. The van der Waals surface area contributed by atoms with Crippen molar-refractivity contribution in [3.8, 4) is 16.7 Å². The second kappa shape index (κ2) is 10.5. The molecule has 0 radical (unpaired) electrons. The minimum atomic E-state index is -0.312. The van der Waals surface area contributed by atoms with E-state index in [1.165, 1.54) is 12.1 Å². The molecule has 0 N–H and O–H groups in total. The molecule has 0 saturated carbocycles. The van der Waals surface area contributed by atoms with Crippen LogP contribution in [0.1, 0.15) is 36.0 Å². The number of benzene rings is 2. The van der Waals surface area contributed by atoms with Gasteiger partial charge in [0, 0.05) is 49.4 Å². The molecule has 0 unspecified atom stereocenters. The largest absolute Gasteiger partial charge is 0.467 e. The molecule has 3 heterocycles. The lowest BCUT2D eigenvalue weighted by Crippen LogP contribution is -2.50. The number of thiazole rings is 1. The van der Waals surface area contributed by atoms with Crippen LogP contribution >= 0.6 is 11.3 Å². The van der Waals surface area contributed by atoms with Gasteiger partial charge in [0.25, 0.3) is 11.1 Å². The van der Waals surface area contributed by atoms with Gasteiger partial charge in [0.1, 0.15) is 23.4 Å². The van der Waals surface area contributed by atoms with Gasteiger partial charge in [-0.05, 0) is 68.1 Å². The number of piperidine rings is 2. The number of ether oxygens (including phenoxy) is 2. The number of nitrogens with zero attached hydrogens (tertiary/aromatic N) is 3. The quantitative estimate of drug-likeness (QED) is 0.483. The van der Waals surface area contributed by atoms with Crippen LogP contribution in [0.3, 0.4) is 0 Å². The maximum absolute atomic E-state index is 13.1. The fourth-order valence-electron chi connectivity index (χ4n) is 4.72. The second-order valence-electron chi connectivity index (χ2n) is 8.76. The molecule has 34 heavy (non-hydrogen) atoms. The monoisotopic (exact) mass is 481 g/mol. The summed E-state index contributed by atoms with van der Waals surface area (Å²) in [6, 6.07) is 13.6. The number of likely N-dealkylation sites (tertiary alicyclic amines) is 2. The zero-order valence-corrected chi connectivity index (χ0v) is 19.8. The van der Waals surface area contributed by atoms with E-state index >= 15 is 0 Å². The summed E-state index contributed by atoms with van der Waals surface area (Å²) in [5.74, 6) is 0.814. The van der Waals surface area contributed by atoms with Crippen molar-refractivity contribution in [1.29, 1.82) is 0 Å². The van der Waals surface area contributed by atoms with Gasteiger partial charge in [0.05, 0.1) is 0 Å². The van der Waals surface area contributed by atoms with E-state index in [4.69, 9.17) is 9.47 Å². The molecule has 2 aliphatic rings. The first-order valence-corrected chi connectivity index (χ1v) is 12.6. The zero-order chi connectivity index (χ0) is 23.3. The van der Waals surface area contributed by atoms with Crippen molar-refractivity contribution in [3.05, 3.63) is 71.5 Å². The summed E-state index contributed by atoms with van der Waals surface area (Å²) in [6.07, 6.45) is 6.01. The topological polar surface area (TPSA) is 54.9 Å². The van der Waals surface area contributed by atoms with Gasteiger partial charge >= 0.3 is 0 Å². The Balaban J connectivity index is 1.11. The molecule has 0 aliphatic carbocycles. The minimum absolute atomic E-state index is 0.0264. The van der Waals surface area contributed by atoms with E-state index in [2.05, 4.69) is 9.88 Å². The van der Waals surface area contributed by atoms with E-state index in [1.54, 1.807) is 41.8 Å². The Labute approximate surface area is 202 Å². The van der Waals surface area contributed by atoms with Crippen LogP contribution in [0.5, 0.6) is 16.7 Å². The van der Waals surface area contributed by atoms with Crippen molar-refractivity contribution >= 4 is 17.2 Å². The van der Waals surface area contributed by atoms with E-state index in [1.807, 2.05) is 22.4 Å². The molecule has 2 fully saturated rings. The first-order chi connectivity index (χ1) is 16.6. The summed E-state index contributed by atoms with van der Waals surface area (Å²) in [4.78, 5) is 21.8. The maximum atomic E-state index is 13.1. The van der Waals surface area contributed by atoms with E-state index in [0.29, 0.717) is 23.1 Å². The Bertz CT molecular complexity index is 1080. The number of aromatic nitrogens is 1. The molecule has 5 rings (SSSR count). The third-order valence-electron chi connectivity index (χ3n) is 6.55. The smallest absolute Gasteiger partial charge is 0.273 e. The van der Waals surface area contributed by atoms with Gasteiger partial charge in [-0.1, -0.05) is 17.4 Å². The number of hydrogen-bond acceptors (Lipinski definition) is 6. The molecular weight excluding hydrogens is 453 g/mol. The van der Waals surface area contributed by atoms with Crippen molar-refractivity contribution in [2.24, 2.45) is 0 Å². The Morgan fingerprint density at radius 1 is 0.971 bits per heavy atom. The van der Waals surface area contributed by atoms with Gasteiger partial charge in [-0.3, -0.25) is 9.69 Å². The third-order valence-corrected chi connectivity index (χ3v) is 7.21.